The molecule has 0 heterocycles. The number of hydrogen-bond acceptors (Lipinski definition) is 3. The second-order valence-electron chi connectivity index (χ2n) is 2.71. The zero-order valence-electron chi connectivity index (χ0n) is 8.03. The Hall–Kier alpha value is -1.97. The van der Waals surface area contributed by atoms with Gasteiger partial charge >= 0.3 is 5.97 Å². The van der Waals surface area contributed by atoms with E-state index in [2.05, 4.69) is 6.58 Å². The van der Waals surface area contributed by atoms with Crippen molar-refractivity contribution < 1.29 is 9.90 Å². The van der Waals surface area contributed by atoms with E-state index >= 15 is 0 Å². The summed E-state index contributed by atoms with van der Waals surface area (Å²) in [6.45, 7) is 4.60. The summed E-state index contributed by atoms with van der Waals surface area (Å²) in [4.78, 5) is 9.60. The lowest BCUT2D eigenvalue weighted by Gasteiger charge is -1.94. The van der Waals surface area contributed by atoms with Crippen molar-refractivity contribution in [3.05, 3.63) is 36.4 Å². The van der Waals surface area contributed by atoms with Crippen LogP contribution in [0.25, 0.3) is 0 Å². The maximum atomic E-state index is 9.60. The Morgan fingerprint density at radius 3 is 1.71 bits per heavy atom. The quantitative estimate of drug-likeness (QED) is 0.467. The summed E-state index contributed by atoms with van der Waals surface area (Å²) >= 11 is 0. The number of carboxylic acids is 1. The molecule has 0 aliphatic heterocycles. The van der Waals surface area contributed by atoms with Crippen molar-refractivity contribution in [1.29, 1.82) is 0 Å². The minimum absolute atomic E-state index is 0.176. The Kier molecular flexibility index (Phi) is 4.84. The van der Waals surface area contributed by atoms with E-state index in [1.807, 2.05) is 12.1 Å². The molecule has 5 N–H and O–H groups in total. The maximum absolute atomic E-state index is 9.60. The molecule has 0 aromatic heterocycles. The fourth-order valence-electron chi connectivity index (χ4n) is 0.511. The van der Waals surface area contributed by atoms with Gasteiger partial charge < -0.3 is 16.6 Å². The zero-order chi connectivity index (χ0) is 11.1. The highest BCUT2D eigenvalue weighted by atomic mass is 16.4. The molecule has 0 fully saturated rings. The molecule has 1 aromatic carbocycles. The van der Waals surface area contributed by atoms with Crippen molar-refractivity contribution in [2.45, 2.75) is 6.92 Å². The first-order valence-corrected chi connectivity index (χ1v) is 3.94. The number of rotatable bonds is 1. The molecular weight excluding hydrogens is 180 g/mol. The van der Waals surface area contributed by atoms with E-state index in [-0.39, 0.29) is 5.57 Å². The fourth-order valence-corrected chi connectivity index (χ4v) is 0.511. The van der Waals surface area contributed by atoms with Crippen LogP contribution in [0.2, 0.25) is 0 Å². The second kappa shape index (κ2) is 5.64. The van der Waals surface area contributed by atoms with E-state index in [9.17, 15) is 4.79 Å². The van der Waals surface area contributed by atoms with Crippen molar-refractivity contribution in [2.75, 3.05) is 11.5 Å². The van der Waals surface area contributed by atoms with Crippen LogP contribution in [0.15, 0.2) is 36.4 Å². The topological polar surface area (TPSA) is 89.3 Å². The molecule has 1 aromatic rings. The summed E-state index contributed by atoms with van der Waals surface area (Å²) in [6.07, 6.45) is 0. The molecule has 0 unspecified atom stereocenters. The van der Waals surface area contributed by atoms with Gasteiger partial charge in [0.1, 0.15) is 0 Å². The monoisotopic (exact) mass is 194 g/mol. The van der Waals surface area contributed by atoms with E-state index in [1.54, 1.807) is 12.1 Å². The Labute approximate surface area is 82.8 Å². The molecule has 0 aliphatic carbocycles. The van der Waals surface area contributed by atoms with E-state index in [0.717, 1.165) is 0 Å². The number of anilines is 2. The fraction of sp³-hybridized carbons (Fsp3) is 0.100. The lowest BCUT2D eigenvalue weighted by Crippen LogP contribution is -1.92. The standard InChI is InChI=1S/C6H8N2.C4H6O2/c7-5-3-1-2-4-6(5)8;1-3(2)4(5)6/h1-4H,7-8H2;1H2,2H3,(H,5,6). The third-order valence-corrected chi connectivity index (χ3v) is 1.36. The molecular formula is C10H14N2O2. The average molecular weight is 194 g/mol. The first-order chi connectivity index (χ1) is 6.45. The van der Waals surface area contributed by atoms with Gasteiger partial charge in [0.2, 0.25) is 0 Å². The molecule has 0 aliphatic rings. The molecule has 4 nitrogen and oxygen atoms in total. The smallest absolute Gasteiger partial charge is 0.330 e. The number of carboxylic acid groups (broad SMARTS) is 1. The predicted molar refractivity (Wildman–Crippen MR) is 57.7 cm³/mol. The van der Waals surface area contributed by atoms with Gasteiger partial charge in [-0.05, 0) is 19.1 Å². The largest absolute Gasteiger partial charge is 0.478 e. The summed E-state index contributed by atoms with van der Waals surface area (Å²) in [5.41, 5.74) is 12.3. The van der Waals surface area contributed by atoms with E-state index in [0.29, 0.717) is 11.4 Å². The summed E-state index contributed by atoms with van der Waals surface area (Å²) in [6, 6.07) is 7.25. The van der Waals surface area contributed by atoms with Gasteiger partial charge in [0.25, 0.3) is 0 Å². The van der Waals surface area contributed by atoms with E-state index < -0.39 is 5.97 Å². The van der Waals surface area contributed by atoms with Crippen LogP contribution in [0.4, 0.5) is 11.4 Å². The SMILES string of the molecule is C=C(C)C(=O)O.Nc1ccccc1N. The zero-order valence-corrected chi connectivity index (χ0v) is 8.03. The van der Waals surface area contributed by atoms with Crippen molar-refractivity contribution in [2.24, 2.45) is 0 Å². The van der Waals surface area contributed by atoms with Gasteiger partial charge in [-0.2, -0.15) is 0 Å². The highest BCUT2D eigenvalue weighted by molar-refractivity contribution is 5.84. The molecule has 0 amide bonds. The van der Waals surface area contributed by atoms with Gasteiger partial charge in [0.05, 0.1) is 11.4 Å². The lowest BCUT2D eigenvalue weighted by molar-refractivity contribution is -0.132. The second-order valence-corrected chi connectivity index (χ2v) is 2.71. The number of nitrogen functional groups attached to an aromatic ring is 2. The van der Waals surface area contributed by atoms with Crippen LogP contribution in [0, 0.1) is 0 Å². The number of aliphatic carboxylic acids is 1. The Bertz CT molecular complexity index is 302. The first kappa shape index (κ1) is 12.0. The summed E-state index contributed by atoms with van der Waals surface area (Å²) in [5.74, 6) is -0.935. The summed E-state index contributed by atoms with van der Waals surface area (Å²) < 4.78 is 0. The maximum Gasteiger partial charge on any atom is 0.330 e. The molecule has 1 rings (SSSR count). The number of hydrogen-bond donors (Lipinski definition) is 3. The minimum Gasteiger partial charge on any atom is -0.478 e. The van der Waals surface area contributed by atoms with Crippen molar-refractivity contribution in [1.82, 2.24) is 0 Å². The highest BCUT2D eigenvalue weighted by Crippen LogP contribution is 2.10. The third kappa shape index (κ3) is 4.82. The Morgan fingerprint density at radius 1 is 1.29 bits per heavy atom. The molecule has 0 spiro atoms. The summed E-state index contributed by atoms with van der Waals surface area (Å²) in [5, 5.41) is 7.89. The number of carbonyl (C=O) groups is 1. The van der Waals surface area contributed by atoms with Crippen LogP contribution in [-0.4, -0.2) is 11.1 Å². The third-order valence-electron chi connectivity index (χ3n) is 1.36. The van der Waals surface area contributed by atoms with Crippen LogP contribution in [0.1, 0.15) is 6.92 Å². The number of nitrogens with two attached hydrogens (primary N) is 2. The highest BCUT2D eigenvalue weighted by Gasteiger charge is 1.90. The molecule has 0 bridgehead atoms. The number of para-hydroxylation sites is 2. The van der Waals surface area contributed by atoms with Gasteiger partial charge in [-0.3, -0.25) is 0 Å². The molecule has 0 saturated heterocycles. The first-order valence-electron chi connectivity index (χ1n) is 3.94. The molecule has 14 heavy (non-hydrogen) atoms. The van der Waals surface area contributed by atoms with Gasteiger partial charge in [0, 0.05) is 5.57 Å². The van der Waals surface area contributed by atoms with Crippen molar-refractivity contribution >= 4 is 17.3 Å². The van der Waals surface area contributed by atoms with Crippen LogP contribution in [-0.2, 0) is 4.79 Å². The van der Waals surface area contributed by atoms with Crippen LogP contribution < -0.4 is 11.5 Å². The van der Waals surface area contributed by atoms with Crippen LogP contribution in [0.5, 0.6) is 0 Å². The van der Waals surface area contributed by atoms with Crippen LogP contribution >= 0.6 is 0 Å². The van der Waals surface area contributed by atoms with E-state index in [1.165, 1.54) is 6.92 Å². The lowest BCUT2D eigenvalue weighted by atomic mass is 10.3. The summed E-state index contributed by atoms with van der Waals surface area (Å²) in [7, 11) is 0. The Balaban J connectivity index is 0.000000255. The normalized spacial score (nSPS) is 8.36. The molecule has 4 heteroatoms. The average Bonchev–Trinajstić information content (AvgIpc) is 2.11. The van der Waals surface area contributed by atoms with Crippen LogP contribution in [0.3, 0.4) is 0 Å². The molecule has 0 radical (unpaired) electrons. The number of benzene rings is 1. The predicted octanol–water partition coefficient (Wildman–Crippen LogP) is 1.50. The van der Waals surface area contributed by atoms with Gasteiger partial charge in [-0.25, -0.2) is 4.79 Å². The Morgan fingerprint density at radius 2 is 1.57 bits per heavy atom. The van der Waals surface area contributed by atoms with Gasteiger partial charge in [-0.1, -0.05) is 18.7 Å². The van der Waals surface area contributed by atoms with Crippen molar-refractivity contribution in [3.8, 4) is 0 Å². The molecule has 76 valence electrons. The molecule has 0 atom stereocenters. The van der Waals surface area contributed by atoms with Crippen molar-refractivity contribution in [3.63, 3.8) is 0 Å². The van der Waals surface area contributed by atoms with Gasteiger partial charge in [0.15, 0.2) is 0 Å². The van der Waals surface area contributed by atoms with E-state index in [4.69, 9.17) is 16.6 Å². The molecule has 0 saturated carbocycles. The minimum atomic E-state index is -0.935. The van der Waals surface area contributed by atoms with Gasteiger partial charge in [-0.15, -0.1) is 0 Å².